The van der Waals surface area contributed by atoms with Crippen molar-refractivity contribution in [3.8, 4) is 0 Å². The Hall–Kier alpha value is -1.10. The Morgan fingerprint density at radius 3 is 2.53 bits per heavy atom. The molecule has 2 heterocycles. The Labute approximate surface area is 113 Å². The predicted octanol–water partition coefficient (Wildman–Crippen LogP) is 0.650. The van der Waals surface area contributed by atoms with Gasteiger partial charge in [-0.3, -0.25) is 14.5 Å². The van der Waals surface area contributed by atoms with Crippen LogP contribution in [-0.2, 0) is 9.59 Å². The van der Waals surface area contributed by atoms with Crippen LogP contribution in [0.25, 0.3) is 0 Å². The minimum Gasteiger partial charge on any atom is -0.481 e. The number of fused-ring (bicyclic) bond motifs is 1. The Balaban J connectivity index is 1.67. The van der Waals surface area contributed by atoms with E-state index in [9.17, 15) is 14.7 Å². The van der Waals surface area contributed by atoms with Crippen molar-refractivity contribution in [2.75, 3.05) is 26.2 Å². The van der Waals surface area contributed by atoms with E-state index in [0.29, 0.717) is 6.04 Å². The quantitative estimate of drug-likeness (QED) is 0.797. The summed E-state index contributed by atoms with van der Waals surface area (Å²) in [7, 11) is 0. The lowest BCUT2D eigenvalue weighted by molar-refractivity contribution is -0.142. The normalized spacial score (nSPS) is 36.9. The van der Waals surface area contributed by atoms with Crippen molar-refractivity contribution in [3.05, 3.63) is 0 Å². The smallest absolute Gasteiger partial charge is 0.307 e. The van der Waals surface area contributed by atoms with Gasteiger partial charge in [0.05, 0.1) is 11.8 Å². The van der Waals surface area contributed by atoms with Gasteiger partial charge in [-0.25, -0.2) is 0 Å². The molecule has 1 saturated carbocycles. The van der Waals surface area contributed by atoms with Crippen LogP contribution in [0.2, 0.25) is 0 Å². The van der Waals surface area contributed by atoms with E-state index >= 15 is 0 Å². The fourth-order valence-electron chi connectivity index (χ4n) is 3.95. The first-order chi connectivity index (χ1) is 8.93. The number of carboxylic acid groups (broad SMARTS) is 1. The molecule has 3 fully saturated rings. The van der Waals surface area contributed by atoms with Crippen LogP contribution in [-0.4, -0.2) is 59.0 Å². The summed E-state index contributed by atoms with van der Waals surface area (Å²) in [5.74, 6) is -1.59. The number of carbonyl (C=O) groups is 2. The van der Waals surface area contributed by atoms with Crippen LogP contribution in [0.5, 0.6) is 0 Å². The molecule has 5 heteroatoms. The van der Waals surface area contributed by atoms with E-state index in [1.54, 1.807) is 0 Å². The number of piperazine rings is 1. The molecule has 1 amide bonds. The van der Waals surface area contributed by atoms with Gasteiger partial charge in [-0.15, -0.1) is 0 Å². The molecule has 19 heavy (non-hydrogen) atoms. The molecule has 5 nitrogen and oxygen atoms in total. The summed E-state index contributed by atoms with van der Waals surface area (Å²) in [6.07, 6.45) is 2.39. The second kappa shape index (κ2) is 4.20. The predicted molar refractivity (Wildman–Crippen MR) is 69.6 cm³/mol. The molecule has 0 radical (unpaired) electrons. The van der Waals surface area contributed by atoms with E-state index in [1.165, 1.54) is 12.8 Å². The Morgan fingerprint density at radius 2 is 1.89 bits per heavy atom. The van der Waals surface area contributed by atoms with Gasteiger partial charge in [0.25, 0.3) is 0 Å². The summed E-state index contributed by atoms with van der Waals surface area (Å²) in [5, 5.41) is 9.18. The maximum Gasteiger partial charge on any atom is 0.307 e. The molecule has 3 atom stereocenters. The molecule has 1 N–H and O–H groups in total. The second-order valence-corrected chi connectivity index (χ2v) is 6.73. The van der Waals surface area contributed by atoms with Crippen LogP contribution in [0.1, 0.15) is 26.7 Å². The highest BCUT2D eigenvalue weighted by atomic mass is 16.4. The number of hydrogen-bond acceptors (Lipinski definition) is 3. The fraction of sp³-hybridized carbons (Fsp3) is 0.857. The van der Waals surface area contributed by atoms with Gasteiger partial charge < -0.3 is 10.0 Å². The summed E-state index contributed by atoms with van der Waals surface area (Å²) >= 11 is 0. The first-order valence-corrected chi connectivity index (χ1v) is 7.18. The van der Waals surface area contributed by atoms with Crippen molar-refractivity contribution in [2.24, 2.45) is 17.3 Å². The topological polar surface area (TPSA) is 60.9 Å². The molecule has 0 bridgehead atoms. The molecule has 0 aromatic rings. The maximum atomic E-state index is 12.5. The van der Waals surface area contributed by atoms with Gasteiger partial charge in [0.2, 0.25) is 5.91 Å². The van der Waals surface area contributed by atoms with Crippen LogP contribution in [0.15, 0.2) is 0 Å². The summed E-state index contributed by atoms with van der Waals surface area (Å²) in [4.78, 5) is 28.1. The van der Waals surface area contributed by atoms with Crippen LogP contribution in [0, 0.1) is 17.3 Å². The number of rotatable bonds is 2. The highest BCUT2D eigenvalue weighted by Crippen LogP contribution is 2.59. The van der Waals surface area contributed by atoms with E-state index in [1.807, 2.05) is 18.7 Å². The van der Waals surface area contributed by atoms with E-state index in [-0.39, 0.29) is 17.2 Å². The molecule has 0 aromatic carbocycles. The lowest BCUT2D eigenvalue weighted by Crippen LogP contribution is -2.52. The minimum atomic E-state index is -0.831. The van der Waals surface area contributed by atoms with E-state index in [4.69, 9.17) is 0 Å². The molecule has 0 spiro atoms. The third kappa shape index (κ3) is 1.95. The second-order valence-electron chi connectivity index (χ2n) is 6.73. The van der Waals surface area contributed by atoms with E-state index in [2.05, 4.69) is 4.90 Å². The largest absolute Gasteiger partial charge is 0.481 e. The monoisotopic (exact) mass is 266 g/mol. The zero-order valence-corrected chi connectivity index (χ0v) is 11.6. The molecule has 0 aromatic heterocycles. The summed E-state index contributed by atoms with van der Waals surface area (Å²) in [6.45, 7) is 7.42. The number of carboxylic acids is 1. The van der Waals surface area contributed by atoms with E-state index in [0.717, 1.165) is 26.2 Å². The average Bonchev–Trinajstić information content (AvgIpc) is 2.73. The summed E-state index contributed by atoms with van der Waals surface area (Å²) in [6, 6.07) is 0.503. The van der Waals surface area contributed by atoms with Crippen molar-refractivity contribution < 1.29 is 14.7 Å². The molecule has 3 aliphatic rings. The zero-order chi connectivity index (χ0) is 13.8. The minimum absolute atomic E-state index is 0.0592. The molecule has 106 valence electrons. The summed E-state index contributed by atoms with van der Waals surface area (Å²) in [5.41, 5.74) is -0.379. The van der Waals surface area contributed by atoms with Crippen LogP contribution in [0.3, 0.4) is 0 Å². The van der Waals surface area contributed by atoms with Crippen LogP contribution >= 0.6 is 0 Å². The van der Waals surface area contributed by atoms with Gasteiger partial charge in [0, 0.05) is 25.7 Å². The first-order valence-electron chi connectivity index (χ1n) is 7.18. The first kappa shape index (κ1) is 12.9. The third-order valence-electron chi connectivity index (χ3n) is 5.26. The van der Waals surface area contributed by atoms with Crippen LogP contribution in [0.4, 0.5) is 0 Å². The van der Waals surface area contributed by atoms with E-state index < -0.39 is 11.9 Å². The van der Waals surface area contributed by atoms with Crippen molar-refractivity contribution in [2.45, 2.75) is 32.7 Å². The standard InChI is InChI=1S/C14H22N2O3/c1-14(2)10(11(14)13(18)19)12(17)16-7-6-15-5-3-4-9(15)8-16/h9-11H,3-8H2,1-2H3,(H,18,19). The van der Waals surface area contributed by atoms with Crippen molar-refractivity contribution in [3.63, 3.8) is 0 Å². The van der Waals surface area contributed by atoms with Crippen molar-refractivity contribution in [1.29, 1.82) is 0 Å². The Morgan fingerprint density at radius 1 is 1.16 bits per heavy atom. The van der Waals surface area contributed by atoms with Gasteiger partial charge in [0.1, 0.15) is 0 Å². The molecule has 1 aliphatic carbocycles. The molecular formula is C14H22N2O3. The fourth-order valence-corrected chi connectivity index (χ4v) is 3.95. The van der Waals surface area contributed by atoms with Gasteiger partial charge in [0.15, 0.2) is 0 Å². The van der Waals surface area contributed by atoms with Crippen molar-refractivity contribution >= 4 is 11.9 Å². The average molecular weight is 266 g/mol. The molecular weight excluding hydrogens is 244 g/mol. The van der Waals surface area contributed by atoms with Gasteiger partial charge in [-0.05, 0) is 24.8 Å². The number of nitrogens with zero attached hydrogens (tertiary/aromatic N) is 2. The highest BCUT2D eigenvalue weighted by molar-refractivity contribution is 5.91. The Kier molecular flexibility index (Phi) is 2.85. The zero-order valence-electron chi connectivity index (χ0n) is 11.6. The lowest BCUT2D eigenvalue weighted by atomic mass is 10.1. The van der Waals surface area contributed by atoms with Crippen molar-refractivity contribution in [1.82, 2.24) is 9.80 Å². The highest BCUT2D eigenvalue weighted by Gasteiger charge is 2.66. The van der Waals surface area contributed by atoms with Crippen LogP contribution < -0.4 is 0 Å². The molecule has 2 saturated heterocycles. The number of carbonyl (C=O) groups excluding carboxylic acids is 1. The number of amides is 1. The number of hydrogen-bond donors (Lipinski definition) is 1. The Bertz CT molecular complexity index is 421. The molecule has 3 unspecified atom stereocenters. The SMILES string of the molecule is CC1(C)C(C(=O)O)C1C(=O)N1CCN2CCCC2C1. The molecule has 3 rings (SSSR count). The number of aliphatic carboxylic acids is 1. The lowest BCUT2D eigenvalue weighted by Gasteiger charge is -2.37. The third-order valence-corrected chi connectivity index (χ3v) is 5.26. The maximum absolute atomic E-state index is 12.5. The van der Waals surface area contributed by atoms with Gasteiger partial charge in [-0.2, -0.15) is 0 Å². The summed E-state index contributed by atoms with van der Waals surface area (Å²) < 4.78 is 0. The van der Waals surface area contributed by atoms with Gasteiger partial charge >= 0.3 is 5.97 Å². The van der Waals surface area contributed by atoms with Gasteiger partial charge in [-0.1, -0.05) is 13.8 Å². The molecule has 2 aliphatic heterocycles.